The summed E-state index contributed by atoms with van der Waals surface area (Å²) in [6, 6.07) is 0.455. The van der Waals surface area contributed by atoms with E-state index in [0.717, 1.165) is 37.9 Å². The maximum Gasteiger partial charge on any atom is 0.191 e. The van der Waals surface area contributed by atoms with E-state index in [4.69, 9.17) is 9.47 Å². The minimum absolute atomic E-state index is 0. The summed E-state index contributed by atoms with van der Waals surface area (Å²) in [7, 11) is 3.51. The lowest BCUT2D eigenvalue weighted by Gasteiger charge is -2.18. The lowest BCUT2D eigenvalue weighted by atomic mass is 10.0. The minimum Gasteiger partial charge on any atom is -0.382 e. The van der Waals surface area contributed by atoms with Crippen molar-refractivity contribution in [1.82, 2.24) is 10.6 Å². The molecule has 1 unspecified atom stereocenters. The molecule has 0 aromatic heterocycles. The quantitative estimate of drug-likeness (QED) is 0.217. The summed E-state index contributed by atoms with van der Waals surface area (Å²) < 4.78 is 10.4. The van der Waals surface area contributed by atoms with Crippen LogP contribution < -0.4 is 10.6 Å². The molecule has 0 aliphatic carbocycles. The van der Waals surface area contributed by atoms with Crippen LogP contribution in [0.2, 0.25) is 0 Å². The second-order valence-electron chi connectivity index (χ2n) is 5.83. The zero-order valence-electron chi connectivity index (χ0n) is 15.0. The highest BCUT2D eigenvalue weighted by molar-refractivity contribution is 14.0. The molecule has 0 rings (SSSR count). The van der Waals surface area contributed by atoms with Gasteiger partial charge in [0, 0.05) is 33.4 Å². The first-order valence-electron chi connectivity index (χ1n) is 8.14. The minimum atomic E-state index is 0. The molecule has 1 atom stereocenters. The number of hydrogen-bond acceptors (Lipinski definition) is 3. The van der Waals surface area contributed by atoms with Gasteiger partial charge in [-0.05, 0) is 38.5 Å². The van der Waals surface area contributed by atoms with E-state index in [0.29, 0.717) is 19.3 Å². The van der Waals surface area contributed by atoms with E-state index in [1.54, 1.807) is 7.11 Å². The lowest BCUT2D eigenvalue weighted by Crippen LogP contribution is -2.42. The van der Waals surface area contributed by atoms with E-state index in [1.165, 1.54) is 12.8 Å². The predicted octanol–water partition coefficient (Wildman–Crippen LogP) is 3.04. The molecule has 0 fully saturated rings. The molecule has 0 aliphatic heterocycles. The molecule has 0 amide bonds. The van der Waals surface area contributed by atoms with Crippen molar-refractivity contribution in [2.45, 2.75) is 52.5 Å². The van der Waals surface area contributed by atoms with Gasteiger partial charge in [0.05, 0.1) is 13.2 Å². The molecular weight excluding hydrogens is 393 g/mol. The van der Waals surface area contributed by atoms with E-state index >= 15 is 0 Å². The number of guanidine groups is 1. The third kappa shape index (κ3) is 16.3. The second kappa shape index (κ2) is 17.3. The molecule has 0 aromatic carbocycles. The van der Waals surface area contributed by atoms with Gasteiger partial charge in [-0.15, -0.1) is 24.0 Å². The van der Waals surface area contributed by atoms with Crippen LogP contribution in [0.4, 0.5) is 0 Å². The molecule has 0 aromatic rings. The van der Waals surface area contributed by atoms with Crippen LogP contribution in [0.25, 0.3) is 0 Å². The van der Waals surface area contributed by atoms with E-state index < -0.39 is 0 Å². The Bertz CT molecular complexity index is 264. The molecule has 6 heteroatoms. The topological polar surface area (TPSA) is 54.9 Å². The van der Waals surface area contributed by atoms with Crippen LogP contribution in [-0.4, -0.2) is 52.5 Å². The van der Waals surface area contributed by atoms with Crippen molar-refractivity contribution in [3.05, 3.63) is 0 Å². The van der Waals surface area contributed by atoms with Crippen LogP contribution in [0.3, 0.4) is 0 Å². The van der Waals surface area contributed by atoms with Gasteiger partial charge in [-0.3, -0.25) is 4.99 Å². The van der Waals surface area contributed by atoms with Gasteiger partial charge in [-0.2, -0.15) is 0 Å². The molecule has 0 saturated heterocycles. The average Bonchev–Trinajstić information content (AvgIpc) is 2.46. The van der Waals surface area contributed by atoms with Crippen molar-refractivity contribution in [3.8, 4) is 0 Å². The maximum atomic E-state index is 5.43. The van der Waals surface area contributed by atoms with Gasteiger partial charge < -0.3 is 20.1 Å². The molecule has 134 valence electrons. The molecule has 0 radical (unpaired) electrons. The van der Waals surface area contributed by atoms with Crippen LogP contribution in [0.15, 0.2) is 4.99 Å². The predicted molar refractivity (Wildman–Crippen MR) is 105 cm³/mol. The Hall–Kier alpha value is -0.0800. The maximum absolute atomic E-state index is 5.43. The Balaban J connectivity index is 0. The highest BCUT2D eigenvalue weighted by Crippen LogP contribution is 2.06. The summed E-state index contributed by atoms with van der Waals surface area (Å²) >= 11 is 0. The van der Waals surface area contributed by atoms with Crippen molar-refractivity contribution < 1.29 is 9.47 Å². The zero-order valence-corrected chi connectivity index (χ0v) is 17.3. The summed E-state index contributed by atoms with van der Waals surface area (Å²) in [4.78, 5) is 4.26. The molecule has 0 aliphatic rings. The van der Waals surface area contributed by atoms with Crippen LogP contribution in [0.5, 0.6) is 0 Å². The molecule has 0 bridgehead atoms. The number of halogens is 1. The fourth-order valence-corrected chi connectivity index (χ4v) is 1.86. The first-order chi connectivity index (χ1) is 10.1. The summed E-state index contributed by atoms with van der Waals surface area (Å²) in [5.41, 5.74) is 0. The van der Waals surface area contributed by atoms with Crippen molar-refractivity contribution in [2.24, 2.45) is 10.9 Å². The SMILES string of the molecule is CN=C(NCCCCOCCOC)NC(C)CCC(C)C.I. The van der Waals surface area contributed by atoms with Gasteiger partial charge in [0.15, 0.2) is 5.96 Å². The summed E-state index contributed by atoms with van der Waals surface area (Å²) in [6.45, 7) is 9.79. The zero-order chi connectivity index (χ0) is 15.9. The van der Waals surface area contributed by atoms with Crippen molar-refractivity contribution in [3.63, 3.8) is 0 Å². The third-order valence-electron chi connectivity index (χ3n) is 3.22. The first kappa shape index (κ1) is 24.2. The van der Waals surface area contributed by atoms with Crippen molar-refractivity contribution in [1.29, 1.82) is 0 Å². The molecule has 0 heterocycles. The number of ether oxygens (including phenoxy) is 2. The Labute approximate surface area is 154 Å². The standard InChI is InChI=1S/C16H35N3O2.HI/c1-14(2)8-9-15(3)19-16(17-4)18-10-6-7-11-21-13-12-20-5;/h14-15H,6-13H2,1-5H3,(H2,17,18,19);1H. The average molecular weight is 429 g/mol. The van der Waals surface area contributed by atoms with Gasteiger partial charge in [0.2, 0.25) is 0 Å². The first-order valence-corrected chi connectivity index (χ1v) is 8.14. The summed E-state index contributed by atoms with van der Waals surface area (Å²) in [6.07, 6.45) is 4.54. The van der Waals surface area contributed by atoms with Gasteiger partial charge in [0.25, 0.3) is 0 Å². The highest BCUT2D eigenvalue weighted by Gasteiger charge is 2.05. The highest BCUT2D eigenvalue weighted by atomic mass is 127. The molecule has 22 heavy (non-hydrogen) atoms. The van der Waals surface area contributed by atoms with Crippen molar-refractivity contribution >= 4 is 29.9 Å². The number of aliphatic imine (C=N–C) groups is 1. The Morgan fingerprint density at radius 2 is 1.77 bits per heavy atom. The van der Waals surface area contributed by atoms with E-state index in [-0.39, 0.29) is 24.0 Å². The third-order valence-corrected chi connectivity index (χ3v) is 3.22. The van der Waals surface area contributed by atoms with E-state index in [2.05, 4.69) is 36.4 Å². The monoisotopic (exact) mass is 429 g/mol. The van der Waals surface area contributed by atoms with Gasteiger partial charge in [0.1, 0.15) is 0 Å². The molecule has 0 spiro atoms. The normalized spacial score (nSPS) is 12.9. The Morgan fingerprint density at radius 3 is 2.36 bits per heavy atom. The molecule has 5 nitrogen and oxygen atoms in total. The number of rotatable bonds is 12. The van der Waals surface area contributed by atoms with Gasteiger partial charge in [-0.25, -0.2) is 0 Å². The van der Waals surface area contributed by atoms with Crippen LogP contribution in [0, 0.1) is 5.92 Å². The second-order valence-corrected chi connectivity index (χ2v) is 5.83. The van der Waals surface area contributed by atoms with E-state index in [1.807, 2.05) is 7.05 Å². The largest absolute Gasteiger partial charge is 0.382 e. The number of methoxy groups -OCH3 is 1. The van der Waals surface area contributed by atoms with Crippen LogP contribution in [-0.2, 0) is 9.47 Å². The fraction of sp³-hybridized carbons (Fsp3) is 0.938. The van der Waals surface area contributed by atoms with E-state index in [9.17, 15) is 0 Å². The number of unbranched alkanes of at least 4 members (excludes halogenated alkanes) is 1. The van der Waals surface area contributed by atoms with Gasteiger partial charge in [-0.1, -0.05) is 13.8 Å². The van der Waals surface area contributed by atoms with Gasteiger partial charge >= 0.3 is 0 Å². The fourth-order valence-electron chi connectivity index (χ4n) is 1.86. The summed E-state index contributed by atoms with van der Waals surface area (Å²) in [5, 5.41) is 6.78. The summed E-state index contributed by atoms with van der Waals surface area (Å²) in [5.74, 6) is 1.65. The van der Waals surface area contributed by atoms with Crippen LogP contribution >= 0.6 is 24.0 Å². The smallest absolute Gasteiger partial charge is 0.191 e. The Morgan fingerprint density at radius 1 is 1.05 bits per heavy atom. The molecule has 0 saturated carbocycles. The lowest BCUT2D eigenvalue weighted by molar-refractivity contribution is 0.0689. The number of nitrogens with one attached hydrogen (secondary N) is 2. The number of hydrogen-bond donors (Lipinski definition) is 2. The van der Waals surface area contributed by atoms with Crippen LogP contribution in [0.1, 0.15) is 46.5 Å². The Kier molecular flexibility index (Phi) is 19.0. The molecule has 2 N–H and O–H groups in total. The van der Waals surface area contributed by atoms with Crippen molar-refractivity contribution in [2.75, 3.05) is 40.5 Å². The number of nitrogens with zero attached hydrogens (tertiary/aromatic N) is 1. The molecular formula is C16H36IN3O2.